The van der Waals surface area contributed by atoms with Crippen molar-refractivity contribution in [3.63, 3.8) is 0 Å². The van der Waals surface area contributed by atoms with E-state index in [2.05, 4.69) is 27.7 Å². The fraction of sp³-hybridized carbons (Fsp3) is 0.900. The highest BCUT2D eigenvalue weighted by Crippen LogP contribution is 2.56. The molecule has 0 aromatic rings. The second-order valence-corrected chi connectivity index (χ2v) is 8.65. The fourth-order valence-electron chi connectivity index (χ4n) is 4.78. The Kier molecular flexibility index (Phi) is 5.99. The molecular weight excluding hydrogens is 320 g/mol. The van der Waals surface area contributed by atoms with Crippen molar-refractivity contribution in [2.24, 2.45) is 23.7 Å². The quantitative estimate of drug-likeness (QED) is 0.652. The van der Waals surface area contributed by atoms with E-state index in [9.17, 15) is 9.59 Å². The van der Waals surface area contributed by atoms with Crippen molar-refractivity contribution in [2.45, 2.75) is 85.2 Å². The van der Waals surface area contributed by atoms with Crippen LogP contribution < -0.4 is 0 Å². The lowest BCUT2D eigenvalue weighted by Crippen LogP contribution is -2.54. The summed E-state index contributed by atoms with van der Waals surface area (Å²) < 4.78 is 17.7. The van der Waals surface area contributed by atoms with Crippen molar-refractivity contribution in [2.75, 3.05) is 6.61 Å². The van der Waals surface area contributed by atoms with Crippen molar-refractivity contribution in [1.29, 1.82) is 0 Å². The third-order valence-corrected chi connectivity index (χ3v) is 5.59. The molecule has 5 nitrogen and oxygen atoms in total. The van der Waals surface area contributed by atoms with Gasteiger partial charge in [0.1, 0.15) is 0 Å². The highest BCUT2D eigenvalue weighted by atomic mass is 16.8. The van der Waals surface area contributed by atoms with Crippen LogP contribution in [0.5, 0.6) is 0 Å². The van der Waals surface area contributed by atoms with Crippen molar-refractivity contribution in [3.8, 4) is 0 Å². The first-order valence-corrected chi connectivity index (χ1v) is 9.62. The summed E-state index contributed by atoms with van der Waals surface area (Å²) in [5.74, 6) is -0.197. The van der Waals surface area contributed by atoms with Gasteiger partial charge in [-0.3, -0.25) is 9.59 Å². The molecule has 1 aliphatic heterocycles. The molecule has 0 aromatic carbocycles. The number of carbonyl (C=O) groups is 2. The molecule has 0 aromatic heterocycles. The molecule has 0 N–H and O–H groups in total. The van der Waals surface area contributed by atoms with E-state index in [1.54, 1.807) is 0 Å². The van der Waals surface area contributed by atoms with Crippen LogP contribution in [0.2, 0.25) is 0 Å². The Morgan fingerprint density at radius 2 is 1.80 bits per heavy atom. The average Bonchev–Trinajstić information content (AvgIpc) is 2.92. The number of hydrogen-bond acceptors (Lipinski definition) is 5. The monoisotopic (exact) mass is 354 g/mol. The van der Waals surface area contributed by atoms with E-state index in [-0.39, 0.29) is 36.3 Å². The molecule has 25 heavy (non-hydrogen) atoms. The lowest BCUT2D eigenvalue weighted by Gasteiger charge is -2.38. The van der Waals surface area contributed by atoms with Gasteiger partial charge in [-0.15, -0.1) is 0 Å². The highest BCUT2D eigenvalue weighted by molar-refractivity contribution is 5.91. The van der Waals surface area contributed by atoms with Gasteiger partial charge < -0.3 is 14.2 Å². The molecule has 0 amide bonds. The normalized spacial score (nSPS) is 33.7. The van der Waals surface area contributed by atoms with E-state index in [1.807, 2.05) is 20.8 Å². The first-order valence-electron chi connectivity index (χ1n) is 9.62. The summed E-state index contributed by atoms with van der Waals surface area (Å²) >= 11 is 0. The van der Waals surface area contributed by atoms with E-state index in [4.69, 9.17) is 14.2 Å². The van der Waals surface area contributed by atoms with Crippen LogP contribution in [-0.4, -0.2) is 35.9 Å². The maximum atomic E-state index is 13.2. The molecule has 2 unspecified atom stereocenters. The number of carbonyl (C=O) groups excluding carboxylic acids is 2. The molecule has 0 bridgehead atoms. The Balaban J connectivity index is 2.31. The number of hydrogen-bond donors (Lipinski definition) is 0. The summed E-state index contributed by atoms with van der Waals surface area (Å²) in [6.07, 6.45) is 1.56. The lowest BCUT2D eigenvalue weighted by molar-refractivity contribution is -0.194. The van der Waals surface area contributed by atoms with E-state index < -0.39 is 11.4 Å². The average molecular weight is 354 g/mol. The predicted octanol–water partition coefficient (Wildman–Crippen LogP) is 3.74. The van der Waals surface area contributed by atoms with Crippen molar-refractivity contribution < 1.29 is 23.8 Å². The summed E-state index contributed by atoms with van der Waals surface area (Å²) in [7, 11) is 0. The van der Waals surface area contributed by atoms with Gasteiger partial charge in [-0.1, -0.05) is 34.6 Å². The number of ether oxygens (including phenoxy) is 3. The van der Waals surface area contributed by atoms with Crippen molar-refractivity contribution in [3.05, 3.63) is 0 Å². The first-order chi connectivity index (χ1) is 11.5. The minimum Gasteiger partial charge on any atom is -0.458 e. The molecule has 2 fully saturated rings. The van der Waals surface area contributed by atoms with Crippen LogP contribution >= 0.6 is 0 Å². The van der Waals surface area contributed by atoms with Crippen LogP contribution in [0.15, 0.2) is 0 Å². The minimum absolute atomic E-state index is 0.0525. The van der Waals surface area contributed by atoms with Crippen molar-refractivity contribution in [1.82, 2.24) is 0 Å². The summed E-state index contributed by atoms with van der Waals surface area (Å²) in [5, 5.41) is 0. The summed E-state index contributed by atoms with van der Waals surface area (Å²) in [4.78, 5) is 25.0. The van der Waals surface area contributed by atoms with E-state index in [1.165, 1.54) is 0 Å². The third-order valence-electron chi connectivity index (χ3n) is 5.59. The van der Waals surface area contributed by atoms with Gasteiger partial charge in [0, 0.05) is 12.3 Å². The van der Waals surface area contributed by atoms with Crippen LogP contribution in [0, 0.1) is 23.7 Å². The Morgan fingerprint density at radius 1 is 1.16 bits per heavy atom. The van der Waals surface area contributed by atoms with Gasteiger partial charge >= 0.3 is 5.97 Å². The van der Waals surface area contributed by atoms with Gasteiger partial charge in [-0.2, -0.15) is 0 Å². The van der Waals surface area contributed by atoms with Gasteiger partial charge in [0.25, 0.3) is 0 Å². The topological polar surface area (TPSA) is 61.8 Å². The molecule has 1 saturated heterocycles. The second kappa shape index (κ2) is 7.36. The predicted molar refractivity (Wildman–Crippen MR) is 94.9 cm³/mol. The SMILES string of the molecule is CCCC(=O)OCC(=O)[C@@]12OC(C)(C)O[C@@H]1CC(C(C)C)C2C(C)C. The van der Waals surface area contributed by atoms with Crippen LogP contribution in [0.1, 0.15) is 67.7 Å². The van der Waals surface area contributed by atoms with E-state index in [0.29, 0.717) is 24.7 Å². The van der Waals surface area contributed by atoms with Crippen molar-refractivity contribution >= 4 is 11.8 Å². The molecule has 2 aliphatic rings. The van der Waals surface area contributed by atoms with E-state index in [0.717, 1.165) is 6.42 Å². The molecule has 4 atom stereocenters. The fourth-order valence-corrected chi connectivity index (χ4v) is 4.78. The molecule has 1 heterocycles. The Hall–Kier alpha value is -0.940. The summed E-state index contributed by atoms with van der Waals surface area (Å²) in [6.45, 7) is 14.0. The lowest BCUT2D eigenvalue weighted by atomic mass is 9.72. The number of ketones is 1. The smallest absolute Gasteiger partial charge is 0.306 e. The molecule has 0 spiro atoms. The summed E-state index contributed by atoms with van der Waals surface area (Å²) in [5.41, 5.74) is -1.01. The summed E-state index contributed by atoms with van der Waals surface area (Å²) in [6, 6.07) is 0. The third kappa shape index (κ3) is 3.77. The number of Topliss-reactive ketones (excluding diaryl/α,β-unsaturated/α-hetero) is 1. The molecule has 2 rings (SSSR count). The standard InChI is InChI=1S/C20H34O5/c1-8-9-17(22)23-11-15(21)20-16(24-19(6,7)25-20)10-14(12(2)3)18(20)13(4)5/h12-14,16,18H,8-11H2,1-7H3/t14?,16-,18?,20-/m1/s1. The second-order valence-electron chi connectivity index (χ2n) is 8.65. The highest BCUT2D eigenvalue weighted by Gasteiger charge is 2.68. The maximum absolute atomic E-state index is 13.2. The number of fused-ring (bicyclic) bond motifs is 1. The van der Waals surface area contributed by atoms with Crippen LogP contribution in [-0.2, 0) is 23.8 Å². The molecule has 1 aliphatic carbocycles. The molecule has 1 saturated carbocycles. The Labute approximate surface area is 151 Å². The van der Waals surface area contributed by atoms with Crippen LogP contribution in [0.25, 0.3) is 0 Å². The van der Waals surface area contributed by atoms with Crippen LogP contribution in [0.4, 0.5) is 0 Å². The molecule has 144 valence electrons. The first kappa shape index (κ1) is 20.4. The Morgan fingerprint density at radius 3 is 2.32 bits per heavy atom. The molecule has 0 radical (unpaired) electrons. The maximum Gasteiger partial charge on any atom is 0.306 e. The number of rotatable bonds is 7. The largest absolute Gasteiger partial charge is 0.458 e. The van der Waals surface area contributed by atoms with Gasteiger partial charge in [-0.25, -0.2) is 0 Å². The zero-order valence-electron chi connectivity index (χ0n) is 16.8. The van der Waals surface area contributed by atoms with Crippen LogP contribution in [0.3, 0.4) is 0 Å². The van der Waals surface area contributed by atoms with Gasteiger partial charge in [0.15, 0.2) is 18.0 Å². The zero-order chi connectivity index (χ0) is 19.0. The van der Waals surface area contributed by atoms with Gasteiger partial charge in [0.2, 0.25) is 5.78 Å². The Bertz CT molecular complexity index is 510. The molecular formula is C20H34O5. The van der Waals surface area contributed by atoms with E-state index >= 15 is 0 Å². The van der Waals surface area contributed by atoms with Gasteiger partial charge in [-0.05, 0) is 44.4 Å². The zero-order valence-corrected chi connectivity index (χ0v) is 16.8. The minimum atomic E-state index is -1.01. The molecule has 5 heteroatoms. The number of esters is 1. The van der Waals surface area contributed by atoms with Gasteiger partial charge in [0.05, 0.1) is 6.10 Å².